The molecule has 4 aliphatic carbocycles. The second kappa shape index (κ2) is 9.69. The Morgan fingerprint density at radius 3 is 2.40 bits per heavy atom. The van der Waals surface area contributed by atoms with Gasteiger partial charge in [-0.25, -0.2) is 0 Å². The first kappa shape index (κ1) is 26.0. The highest BCUT2D eigenvalue weighted by molar-refractivity contribution is 6.23. The molecule has 11 rings (SSSR count). The van der Waals surface area contributed by atoms with Crippen LogP contribution in [0.3, 0.4) is 0 Å². The molecule has 0 fully saturated rings. The van der Waals surface area contributed by atoms with Gasteiger partial charge in [0.25, 0.3) is 0 Å². The van der Waals surface area contributed by atoms with Crippen molar-refractivity contribution < 1.29 is 0 Å². The first-order chi connectivity index (χ1) is 23.3. The monoisotopic (exact) mass is 601 g/mol. The molecule has 1 nitrogen and oxygen atoms in total. The molecule has 2 unspecified atom stereocenters. The van der Waals surface area contributed by atoms with E-state index in [-0.39, 0.29) is 0 Å². The Labute approximate surface area is 275 Å². The van der Waals surface area contributed by atoms with Crippen molar-refractivity contribution in [2.45, 2.75) is 44.4 Å². The fourth-order valence-electron chi connectivity index (χ4n) is 9.69. The number of hydrogen-bond acceptors (Lipinski definition) is 0. The summed E-state index contributed by atoms with van der Waals surface area (Å²) < 4.78 is 2.52. The molecule has 2 atom stereocenters. The third-order valence-corrected chi connectivity index (χ3v) is 11.8. The maximum atomic E-state index is 2.65. The number of benzene rings is 5. The van der Waals surface area contributed by atoms with E-state index in [0.717, 1.165) is 32.1 Å². The second-order valence-electron chi connectivity index (χ2n) is 14.2. The maximum Gasteiger partial charge on any atom is 0.0620 e. The van der Waals surface area contributed by atoms with E-state index in [1.165, 1.54) is 89.0 Å². The van der Waals surface area contributed by atoms with Crippen molar-refractivity contribution in [3.8, 4) is 22.3 Å². The number of para-hydroxylation sites is 2. The molecule has 4 aliphatic rings. The van der Waals surface area contributed by atoms with Gasteiger partial charge in [0.1, 0.15) is 0 Å². The lowest BCUT2D eigenvalue weighted by atomic mass is 9.68. The molecule has 0 saturated carbocycles. The molecule has 7 aromatic rings. The van der Waals surface area contributed by atoms with Crippen LogP contribution in [0.5, 0.6) is 0 Å². The average molecular weight is 602 g/mol. The Bertz CT molecular complexity index is 2580. The Morgan fingerprint density at radius 1 is 0.660 bits per heavy atom. The molecule has 0 saturated heterocycles. The molecule has 224 valence electrons. The summed E-state index contributed by atoms with van der Waals surface area (Å²) in [6, 6.07) is 37.1. The summed E-state index contributed by atoms with van der Waals surface area (Å²) in [5, 5.41) is 5.36. The molecule has 0 aliphatic heterocycles. The van der Waals surface area contributed by atoms with Crippen molar-refractivity contribution >= 4 is 43.7 Å². The molecular formula is C46H35N. The van der Waals surface area contributed by atoms with Crippen LogP contribution in [0.4, 0.5) is 0 Å². The third-order valence-electron chi connectivity index (χ3n) is 11.8. The Kier molecular flexibility index (Phi) is 5.36. The van der Waals surface area contributed by atoms with Gasteiger partial charge in [0.05, 0.1) is 16.6 Å². The smallest absolute Gasteiger partial charge is 0.0620 e. The summed E-state index contributed by atoms with van der Waals surface area (Å²) in [6.07, 6.45) is 19.4. The molecule has 2 aromatic heterocycles. The molecule has 0 spiro atoms. The molecule has 2 heterocycles. The summed E-state index contributed by atoms with van der Waals surface area (Å²) in [5.74, 6) is 0.977. The number of allylic oxidation sites excluding steroid dienone is 8. The standard InChI is InChI=1S/C46H35N/c1-2-9-28(10-3-1)30-18-19-31-25-33-20-17-29-11-4-5-12-34(29)38-24-23-35(45(44(33)38)41(31)26-30)32-21-22-37-40-15-8-14-39-36-13-6-7-16-42(36)47(46(39)40)43(37)27-32/h2,4-16,19,21-24,26-27,30,33H,1,3,17-18,20,25H2. The van der Waals surface area contributed by atoms with Crippen LogP contribution in [0.2, 0.25) is 0 Å². The van der Waals surface area contributed by atoms with E-state index in [1.54, 1.807) is 11.1 Å². The number of fused-ring (bicyclic) bond motifs is 10. The summed E-state index contributed by atoms with van der Waals surface area (Å²) in [4.78, 5) is 0. The topological polar surface area (TPSA) is 4.41 Å². The van der Waals surface area contributed by atoms with Gasteiger partial charge in [-0.15, -0.1) is 0 Å². The Hall–Kier alpha value is -5.14. The quantitative estimate of drug-likeness (QED) is 0.186. The van der Waals surface area contributed by atoms with Crippen LogP contribution in [-0.4, -0.2) is 4.40 Å². The highest BCUT2D eigenvalue weighted by atomic mass is 14.9. The highest BCUT2D eigenvalue weighted by Crippen LogP contribution is 2.55. The van der Waals surface area contributed by atoms with Crippen molar-refractivity contribution in [1.82, 2.24) is 4.40 Å². The van der Waals surface area contributed by atoms with Crippen LogP contribution in [0.1, 0.15) is 54.7 Å². The first-order valence-electron chi connectivity index (χ1n) is 17.5. The summed E-state index contributed by atoms with van der Waals surface area (Å²) in [5.41, 5.74) is 18.6. The number of aromatic nitrogens is 1. The third kappa shape index (κ3) is 3.60. The van der Waals surface area contributed by atoms with Gasteiger partial charge >= 0.3 is 0 Å². The van der Waals surface area contributed by atoms with Crippen molar-refractivity contribution in [1.29, 1.82) is 0 Å². The van der Waals surface area contributed by atoms with Crippen molar-refractivity contribution in [3.05, 3.63) is 155 Å². The van der Waals surface area contributed by atoms with E-state index in [4.69, 9.17) is 0 Å². The van der Waals surface area contributed by atoms with Gasteiger partial charge in [-0.05, 0) is 112 Å². The minimum atomic E-state index is 0.442. The average Bonchev–Trinajstić information content (AvgIpc) is 3.60. The van der Waals surface area contributed by atoms with E-state index < -0.39 is 0 Å². The lowest BCUT2D eigenvalue weighted by molar-refractivity contribution is 0.615. The predicted octanol–water partition coefficient (Wildman–Crippen LogP) is 12.2. The van der Waals surface area contributed by atoms with Gasteiger partial charge in [-0.2, -0.15) is 0 Å². The summed E-state index contributed by atoms with van der Waals surface area (Å²) in [6.45, 7) is 0. The van der Waals surface area contributed by atoms with Crippen molar-refractivity contribution in [2.24, 2.45) is 5.92 Å². The zero-order valence-electron chi connectivity index (χ0n) is 26.5. The van der Waals surface area contributed by atoms with E-state index in [0.29, 0.717) is 11.8 Å². The zero-order valence-corrected chi connectivity index (χ0v) is 26.5. The highest BCUT2D eigenvalue weighted by Gasteiger charge is 2.35. The van der Waals surface area contributed by atoms with Crippen LogP contribution < -0.4 is 0 Å². The normalized spacial score (nSPS) is 20.1. The fraction of sp³-hybridized carbons (Fsp3) is 0.174. The van der Waals surface area contributed by atoms with Gasteiger partial charge in [-0.1, -0.05) is 115 Å². The van der Waals surface area contributed by atoms with Crippen molar-refractivity contribution in [2.75, 3.05) is 0 Å². The van der Waals surface area contributed by atoms with E-state index in [2.05, 4.69) is 132 Å². The largest absolute Gasteiger partial charge is 0.308 e. The first-order valence-corrected chi connectivity index (χ1v) is 17.5. The molecule has 0 bridgehead atoms. The van der Waals surface area contributed by atoms with Crippen molar-refractivity contribution in [3.63, 3.8) is 0 Å². The zero-order chi connectivity index (χ0) is 30.6. The number of nitrogens with zero attached hydrogens (tertiary/aromatic N) is 1. The van der Waals surface area contributed by atoms with Gasteiger partial charge in [0.2, 0.25) is 0 Å². The van der Waals surface area contributed by atoms with Gasteiger partial charge in [0.15, 0.2) is 0 Å². The number of rotatable bonds is 2. The number of hydrogen-bond donors (Lipinski definition) is 0. The lowest BCUT2D eigenvalue weighted by Crippen LogP contribution is -2.17. The molecule has 0 N–H and O–H groups in total. The minimum Gasteiger partial charge on any atom is -0.308 e. The maximum absolute atomic E-state index is 2.65. The number of aryl methyl sites for hydroxylation is 1. The second-order valence-corrected chi connectivity index (χ2v) is 14.2. The summed E-state index contributed by atoms with van der Waals surface area (Å²) >= 11 is 0. The molecule has 0 amide bonds. The van der Waals surface area contributed by atoms with Crippen LogP contribution in [0.25, 0.3) is 65.9 Å². The Morgan fingerprint density at radius 2 is 1.49 bits per heavy atom. The van der Waals surface area contributed by atoms with Crippen LogP contribution in [-0.2, 0) is 6.42 Å². The fourth-order valence-corrected chi connectivity index (χ4v) is 9.69. The SMILES string of the molecule is C1=CC(C2C=C3C(=CC2)CC2CCc4ccccc4-c4ccc(-c5ccc6c7cccc8c9ccccc9n(c6c5)c87)c3c42)=CCC1. The van der Waals surface area contributed by atoms with Crippen LogP contribution >= 0.6 is 0 Å². The molecule has 5 aromatic carbocycles. The molecule has 1 heteroatoms. The van der Waals surface area contributed by atoms with Gasteiger partial charge in [-0.3, -0.25) is 0 Å². The summed E-state index contributed by atoms with van der Waals surface area (Å²) in [7, 11) is 0. The lowest BCUT2D eigenvalue weighted by Gasteiger charge is -2.36. The Balaban J connectivity index is 1.20. The molecular weight excluding hydrogens is 567 g/mol. The predicted molar refractivity (Wildman–Crippen MR) is 198 cm³/mol. The van der Waals surface area contributed by atoms with E-state index in [1.807, 2.05) is 0 Å². The van der Waals surface area contributed by atoms with Crippen LogP contribution in [0.15, 0.2) is 139 Å². The minimum absolute atomic E-state index is 0.442. The van der Waals surface area contributed by atoms with Gasteiger partial charge < -0.3 is 4.40 Å². The van der Waals surface area contributed by atoms with E-state index >= 15 is 0 Å². The van der Waals surface area contributed by atoms with Crippen LogP contribution in [0, 0.1) is 5.92 Å². The molecule has 0 radical (unpaired) electrons. The molecule has 47 heavy (non-hydrogen) atoms. The van der Waals surface area contributed by atoms with Gasteiger partial charge in [0, 0.05) is 27.5 Å². The van der Waals surface area contributed by atoms with E-state index in [9.17, 15) is 0 Å².